The highest BCUT2D eigenvalue weighted by molar-refractivity contribution is 5.82. The van der Waals surface area contributed by atoms with Crippen molar-refractivity contribution in [1.82, 2.24) is 15.1 Å². The van der Waals surface area contributed by atoms with Crippen LogP contribution in [-0.2, 0) is 11.3 Å². The first kappa shape index (κ1) is 14.3. The average molecular weight is 295 g/mol. The Bertz CT molecular complexity index is 768. The van der Waals surface area contributed by atoms with E-state index in [0.29, 0.717) is 0 Å². The summed E-state index contributed by atoms with van der Waals surface area (Å²) in [6, 6.07) is 16.7. The Hall–Kier alpha value is -2.66. The number of para-hydroxylation sites is 1. The van der Waals surface area contributed by atoms with Crippen LogP contribution in [0.4, 0.5) is 0 Å². The predicted molar refractivity (Wildman–Crippen MR) is 84.1 cm³/mol. The second kappa shape index (κ2) is 6.41. The second-order valence-electron chi connectivity index (χ2n) is 5.07. The van der Waals surface area contributed by atoms with Gasteiger partial charge in [0.25, 0.3) is 0 Å². The fourth-order valence-corrected chi connectivity index (χ4v) is 2.45. The molecule has 2 N–H and O–H groups in total. The number of fused-ring (bicyclic) bond motifs is 1. The molecule has 1 aromatic heterocycles. The number of hydrogen-bond acceptors (Lipinski definition) is 3. The number of amides is 1. The Morgan fingerprint density at radius 2 is 1.86 bits per heavy atom. The number of aliphatic hydroxyl groups excluding tert-OH is 1. The highest BCUT2D eigenvalue weighted by Gasteiger charge is 2.14. The van der Waals surface area contributed by atoms with Gasteiger partial charge in [-0.15, -0.1) is 0 Å². The molecular weight excluding hydrogens is 278 g/mol. The SMILES string of the molecule is O=C(Cn1ncc2ccccc21)NC(CO)c1ccccc1. The van der Waals surface area contributed by atoms with Crippen molar-refractivity contribution in [3.8, 4) is 0 Å². The average Bonchev–Trinajstić information content (AvgIpc) is 2.96. The third-order valence-corrected chi connectivity index (χ3v) is 3.56. The molecule has 1 unspecified atom stereocenters. The Kier molecular flexibility index (Phi) is 4.16. The normalized spacial score (nSPS) is 12.2. The minimum atomic E-state index is -0.407. The Morgan fingerprint density at radius 3 is 2.64 bits per heavy atom. The molecule has 0 fully saturated rings. The summed E-state index contributed by atoms with van der Waals surface area (Å²) >= 11 is 0. The molecule has 0 saturated carbocycles. The van der Waals surface area contributed by atoms with Crippen LogP contribution >= 0.6 is 0 Å². The summed E-state index contributed by atoms with van der Waals surface area (Å²) < 4.78 is 1.66. The zero-order valence-corrected chi connectivity index (χ0v) is 12.0. The van der Waals surface area contributed by atoms with Crippen molar-refractivity contribution in [1.29, 1.82) is 0 Å². The molecule has 3 aromatic rings. The summed E-state index contributed by atoms with van der Waals surface area (Å²) in [6.07, 6.45) is 1.74. The van der Waals surface area contributed by atoms with Crippen molar-refractivity contribution in [3.05, 3.63) is 66.4 Å². The van der Waals surface area contributed by atoms with E-state index in [4.69, 9.17) is 0 Å². The van der Waals surface area contributed by atoms with Crippen molar-refractivity contribution >= 4 is 16.8 Å². The monoisotopic (exact) mass is 295 g/mol. The van der Waals surface area contributed by atoms with Crippen LogP contribution in [0.3, 0.4) is 0 Å². The molecule has 1 amide bonds. The maximum Gasteiger partial charge on any atom is 0.242 e. The number of rotatable bonds is 5. The van der Waals surface area contributed by atoms with E-state index in [-0.39, 0.29) is 19.1 Å². The lowest BCUT2D eigenvalue weighted by Crippen LogP contribution is -2.33. The number of benzene rings is 2. The van der Waals surface area contributed by atoms with Crippen LogP contribution in [0.25, 0.3) is 10.9 Å². The molecule has 3 rings (SSSR count). The highest BCUT2D eigenvalue weighted by atomic mass is 16.3. The van der Waals surface area contributed by atoms with E-state index < -0.39 is 6.04 Å². The second-order valence-corrected chi connectivity index (χ2v) is 5.07. The summed E-state index contributed by atoms with van der Waals surface area (Å²) in [5.41, 5.74) is 1.79. The van der Waals surface area contributed by atoms with Gasteiger partial charge < -0.3 is 10.4 Å². The maximum absolute atomic E-state index is 12.2. The van der Waals surface area contributed by atoms with E-state index in [1.54, 1.807) is 10.9 Å². The molecule has 0 aliphatic rings. The summed E-state index contributed by atoms with van der Waals surface area (Å²) in [4.78, 5) is 12.2. The first-order chi connectivity index (χ1) is 10.8. The molecule has 2 aromatic carbocycles. The van der Waals surface area contributed by atoms with Gasteiger partial charge >= 0.3 is 0 Å². The molecule has 1 heterocycles. The zero-order valence-electron chi connectivity index (χ0n) is 12.0. The van der Waals surface area contributed by atoms with Gasteiger partial charge in [-0.2, -0.15) is 5.10 Å². The first-order valence-electron chi connectivity index (χ1n) is 7.13. The van der Waals surface area contributed by atoms with E-state index in [2.05, 4.69) is 10.4 Å². The molecule has 112 valence electrons. The van der Waals surface area contributed by atoms with Crippen molar-refractivity contribution in [2.75, 3.05) is 6.61 Å². The molecule has 5 nitrogen and oxygen atoms in total. The highest BCUT2D eigenvalue weighted by Crippen LogP contribution is 2.14. The molecule has 0 saturated heterocycles. The number of aromatic nitrogens is 2. The van der Waals surface area contributed by atoms with E-state index in [0.717, 1.165) is 16.5 Å². The number of aliphatic hydroxyl groups is 1. The molecule has 5 heteroatoms. The minimum absolute atomic E-state index is 0.122. The van der Waals surface area contributed by atoms with Crippen LogP contribution in [0.1, 0.15) is 11.6 Å². The van der Waals surface area contributed by atoms with Crippen LogP contribution in [-0.4, -0.2) is 27.4 Å². The summed E-state index contributed by atoms with van der Waals surface area (Å²) in [5, 5.41) is 17.6. The number of carbonyl (C=O) groups is 1. The first-order valence-corrected chi connectivity index (χ1v) is 7.13. The lowest BCUT2D eigenvalue weighted by molar-refractivity contribution is -0.122. The smallest absolute Gasteiger partial charge is 0.242 e. The van der Waals surface area contributed by atoms with Crippen LogP contribution in [0, 0.1) is 0 Å². The Balaban J connectivity index is 1.72. The van der Waals surface area contributed by atoms with Gasteiger partial charge in [0.05, 0.1) is 24.4 Å². The molecule has 0 aliphatic carbocycles. The van der Waals surface area contributed by atoms with Gasteiger partial charge in [-0.05, 0) is 11.6 Å². The van der Waals surface area contributed by atoms with Crippen molar-refractivity contribution in [3.63, 3.8) is 0 Å². The molecular formula is C17H17N3O2. The molecule has 0 aliphatic heterocycles. The number of nitrogens with one attached hydrogen (secondary N) is 1. The lowest BCUT2D eigenvalue weighted by Gasteiger charge is -2.16. The van der Waals surface area contributed by atoms with Gasteiger partial charge in [-0.3, -0.25) is 9.48 Å². The number of hydrogen-bond donors (Lipinski definition) is 2. The van der Waals surface area contributed by atoms with Crippen molar-refractivity contribution in [2.45, 2.75) is 12.6 Å². The number of nitrogens with zero attached hydrogens (tertiary/aromatic N) is 2. The summed E-state index contributed by atoms with van der Waals surface area (Å²) in [6.45, 7) is -0.0214. The summed E-state index contributed by atoms with van der Waals surface area (Å²) in [7, 11) is 0. The predicted octanol–water partition coefficient (Wildman–Crippen LogP) is 1.89. The van der Waals surface area contributed by atoms with Gasteiger partial charge in [0.1, 0.15) is 6.54 Å². The van der Waals surface area contributed by atoms with Crippen molar-refractivity contribution in [2.24, 2.45) is 0 Å². The van der Waals surface area contributed by atoms with Gasteiger partial charge in [-0.25, -0.2) is 0 Å². The third-order valence-electron chi connectivity index (χ3n) is 3.56. The van der Waals surface area contributed by atoms with Gasteiger partial charge in [-0.1, -0.05) is 48.5 Å². The van der Waals surface area contributed by atoms with Gasteiger partial charge in [0, 0.05) is 5.39 Å². The largest absolute Gasteiger partial charge is 0.394 e. The fourth-order valence-electron chi connectivity index (χ4n) is 2.45. The van der Waals surface area contributed by atoms with Gasteiger partial charge in [0.2, 0.25) is 5.91 Å². The topological polar surface area (TPSA) is 67.2 Å². The molecule has 0 spiro atoms. The molecule has 0 bridgehead atoms. The molecule has 0 radical (unpaired) electrons. The van der Waals surface area contributed by atoms with Crippen LogP contribution < -0.4 is 5.32 Å². The van der Waals surface area contributed by atoms with Crippen LogP contribution in [0.5, 0.6) is 0 Å². The van der Waals surface area contributed by atoms with Crippen LogP contribution in [0.15, 0.2) is 60.8 Å². The van der Waals surface area contributed by atoms with E-state index in [9.17, 15) is 9.90 Å². The molecule has 22 heavy (non-hydrogen) atoms. The third kappa shape index (κ3) is 2.99. The van der Waals surface area contributed by atoms with E-state index in [1.165, 1.54) is 0 Å². The van der Waals surface area contributed by atoms with Crippen LogP contribution in [0.2, 0.25) is 0 Å². The standard InChI is InChI=1S/C17H17N3O2/c21-12-15(13-6-2-1-3-7-13)19-17(22)11-20-16-9-5-4-8-14(16)10-18-20/h1-10,15,21H,11-12H2,(H,19,22). The summed E-state index contributed by atoms with van der Waals surface area (Å²) in [5.74, 6) is -0.184. The van der Waals surface area contributed by atoms with Crippen molar-refractivity contribution < 1.29 is 9.90 Å². The van der Waals surface area contributed by atoms with Gasteiger partial charge in [0.15, 0.2) is 0 Å². The Morgan fingerprint density at radius 1 is 1.14 bits per heavy atom. The lowest BCUT2D eigenvalue weighted by atomic mass is 10.1. The quantitative estimate of drug-likeness (QED) is 0.755. The number of carbonyl (C=O) groups excluding carboxylic acids is 1. The Labute approximate surface area is 128 Å². The maximum atomic E-state index is 12.2. The zero-order chi connectivity index (χ0) is 15.4. The van der Waals surface area contributed by atoms with E-state index >= 15 is 0 Å². The minimum Gasteiger partial charge on any atom is -0.394 e. The molecule has 1 atom stereocenters. The van der Waals surface area contributed by atoms with E-state index in [1.807, 2.05) is 54.6 Å². The fraction of sp³-hybridized carbons (Fsp3) is 0.176.